The molecule has 1 aromatic carbocycles. The third-order valence-corrected chi connectivity index (χ3v) is 8.54. The van der Waals surface area contributed by atoms with Crippen molar-refractivity contribution in [1.82, 2.24) is 19.9 Å². The van der Waals surface area contributed by atoms with Gasteiger partial charge in [0.15, 0.2) is 5.03 Å². The van der Waals surface area contributed by atoms with Gasteiger partial charge in [-0.3, -0.25) is 9.59 Å². The number of carbonyl (C=O) groups is 3. The summed E-state index contributed by atoms with van der Waals surface area (Å²) >= 11 is 0. The average Bonchev–Trinajstić information content (AvgIpc) is 3.59. The molecule has 1 aliphatic rings. The van der Waals surface area contributed by atoms with E-state index in [1.807, 2.05) is 0 Å². The van der Waals surface area contributed by atoms with Gasteiger partial charge >= 0.3 is 5.97 Å². The molecule has 1 aliphatic heterocycles. The van der Waals surface area contributed by atoms with Crippen LogP contribution < -0.4 is 10.0 Å². The van der Waals surface area contributed by atoms with E-state index in [0.717, 1.165) is 6.42 Å². The molecular formula is C28H33FN4O7S. The van der Waals surface area contributed by atoms with Gasteiger partial charge in [0.1, 0.15) is 17.6 Å². The maximum absolute atomic E-state index is 13.6. The number of nitrogens with one attached hydrogen (secondary N) is 2. The number of methoxy groups -OCH3 is 1. The summed E-state index contributed by atoms with van der Waals surface area (Å²) in [7, 11) is -1.26. The van der Waals surface area contributed by atoms with Gasteiger partial charge in [-0.1, -0.05) is 6.92 Å². The fourth-order valence-corrected chi connectivity index (χ4v) is 6.28. The fourth-order valence-electron chi connectivity index (χ4n) is 5.06. The lowest BCUT2D eigenvalue weighted by atomic mass is 10.0. The number of unbranched alkanes of at least 4 members (excludes halogenated alkanes) is 1. The van der Waals surface area contributed by atoms with Gasteiger partial charge in [0.2, 0.25) is 11.6 Å². The Balaban J connectivity index is 1.65. The van der Waals surface area contributed by atoms with Gasteiger partial charge in [-0.2, -0.15) is 4.98 Å². The molecule has 2 N–H and O–H groups in total. The van der Waals surface area contributed by atoms with E-state index in [4.69, 9.17) is 9.15 Å². The molecule has 0 unspecified atom stereocenters. The largest absolute Gasteiger partial charge is 0.467 e. The van der Waals surface area contributed by atoms with Crippen LogP contribution in [0.15, 0.2) is 39.8 Å². The number of hydrogen-bond donors (Lipinski definition) is 2. The Morgan fingerprint density at radius 2 is 1.93 bits per heavy atom. The van der Waals surface area contributed by atoms with Gasteiger partial charge in [-0.25, -0.2) is 22.3 Å². The van der Waals surface area contributed by atoms with E-state index in [0.29, 0.717) is 42.3 Å². The number of likely N-dealkylation sites (tertiary alicyclic amines) is 1. The van der Waals surface area contributed by atoms with E-state index >= 15 is 0 Å². The number of esters is 1. The molecule has 2 aromatic heterocycles. The first-order chi connectivity index (χ1) is 19.6. The van der Waals surface area contributed by atoms with Crippen molar-refractivity contribution in [3.05, 3.63) is 47.3 Å². The Hall–Kier alpha value is -3.84. The average molecular weight is 589 g/mol. The minimum Gasteiger partial charge on any atom is -0.467 e. The minimum atomic E-state index is -4.02. The second-order valence-electron chi connectivity index (χ2n) is 9.67. The van der Waals surface area contributed by atoms with Crippen molar-refractivity contribution in [3.63, 3.8) is 0 Å². The molecule has 41 heavy (non-hydrogen) atoms. The van der Waals surface area contributed by atoms with Gasteiger partial charge in [-0.05, 0) is 68.0 Å². The van der Waals surface area contributed by atoms with Crippen molar-refractivity contribution >= 4 is 38.9 Å². The lowest BCUT2D eigenvalue weighted by molar-refractivity contribution is -0.151. The van der Waals surface area contributed by atoms with Gasteiger partial charge in [0, 0.05) is 32.1 Å². The zero-order chi connectivity index (χ0) is 29.7. The van der Waals surface area contributed by atoms with Crippen LogP contribution in [0.4, 0.5) is 4.39 Å². The molecule has 13 heteroatoms. The van der Waals surface area contributed by atoms with Crippen molar-refractivity contribution in [2.75, 3.05) is 27.2 Å². The number of hydrogen-bond acceptors (Lipinski definition) is 8. The molecule has 1 atom stereocenters. The quantitative estimate of drug-likeness (QED) is 0.256. The van der Waals surface area contributed by atoms with Crippen LogP contribution in [0.2, 0.25) is 0 Å². The van der Waals surface area contributed by atoms with Crippen LogP contribution in [0.25, 0.3) is 22.4 Å². The highest BCUT2D eigenvalue weighted by atomic mass is 32.2. The van der Waals surface area contributed by atoms with Crippen molar-refractivity contribution in [1.29, 1.82) is 0 Å². The minimum absolute atomic E-state index is 0.0544. The molecule has 0 radical (unpaired) electrons. The number of sulfonamides is 1. The van der Waals surface area contributed by atoms with E-state index in [1.165, 1.54) is 38.4 Å². The van der Waals surface area contributed by atoms with Crippen LogP contribution in [0, 0.1) is 5.82 Å². The van der Waals surface area contributed by atoms with Crippen LogP contribution in [-0.2, 0) is 30.8 Å². The molecule has 11 nitrogen and oxygen atoms in total. The molecule has 3 heterocycles. The smallest absolute Gasteiger partial charge is 0.328 e. The molecule has 3 aromatic rings. The second kappa shape index (κ2) is 12.8. The number of pyridine rings is 1. The molecule has 220 valence electrons. The van der Waals surface area contributed by atoms with E-state index < -0.39 is 33.8 Å². The van der Waals surface area contributed by atoms with E-state index in [1.54, 1.807) is 17.9 Å². The van der Waals surface area contributed by atoms with Gasteiger partial charge < -0.3 is 19.4 Å². The van der Waals surface area contributed by atoms with Crippen LogP contribution in [0.5, 0.6) is 0 Å². The lowest BCUT2D eigenvalue weighted by Gasteiger charge is -2.22. The Morgan fingerprint density at radius 1 is 1.20 bits per heavy atom. The van der Waals surface area contributed by atoms with Crippen LogP contribution >= 0.6 is 0 Å². The summed E-state index contributed by atoms with van der Waals surface area (Å²) in [6.07, 6.45) is 2.61. The number of fused-ring (bicyclic) bond motifs is 1. The summed E-state index contributed by atoms with van der Waals surface area (Å²) in [5.74, 6) is -1.40. The van der Waals surface area contributed by atoms with Crippen molar-refractivity contribution < 1.29 is 36.3 Å². The van der Waals surface area contributed by atoms with Crippen molar-refractivity contribution in [2.24, 2.45) is 0 Å². The molecule has 1 fully saturated rings. The van der Waals surface area contributed by atoms with E-state index in [-0.39, 0.29) is 47.4 Å². The van der Waals surface area contributed by atoms with Gasteiger partial charge in [-0.15, -0.1) is 0 Å². The fraction of sp³-hybridized carbons (Fsp3) is 0.429. The summed E-state index contributed by atoms with van der Waals surface area (Å²) in [5, 5.41) is 2.64. The number of carbonyl (C=O) groups excluding carboxylic acids is 3. The van der Waals surface area contributed by atoms with Crippen LogP contribution in [0.1, 0.15) is 54.9 Å². The van der Waals surface area contributed by atoms with Crippen LogP contribution in [-0.4, -0.2) is 69.4 Å². The molecule has 0 aliphatic carbocycles. The molecule has 0 bridgehead atoms. The van der Waals surface area contributed by atoms with E-state index in [9.17, 15) is 27.2 Å². The molecule has 2 amide bonds. The molecular weight excluding hydrogens is 555 g/mol. The monoisotopic (exact) mass is 588 g/mol. The highest BCUT2D eigenvalue weighted by Gasteiger charge is 2.34. The zero-order valence-corrected chi connectivity index (χ0v) is 24.0. The van der Waals surface area contributed by atoms with Crippen molar-refractivity contribution in [2.45, 2.75) is 56.5 Å². The third-order valence-electron chi connectivity index (χ3n) is 7.00. The Labute approximate surface area is 237 Å². The predicted octanol–water partition coefficient (Wildman–Crippen LogP) is 3.17. The van der Waals surface area contributed by atoms with Crippen LogP contribution in [0.3, 0.4) is 0 Å². The van der Waals surface area contributed by atoms with Gasteiger partial charge in [0.05, 0.1) is 18.1 Å². The predicted molar refractivity (Wildman–Crippen MR) is 148 cm³/mol. The molecule has 1 saturated heterocycles. The number of ether oxygens (including phenoxy) is 1. The summed E-state index contributed by atoms with van der Waals surface area (Å²) in [5.41, 5.74) is 0.872. The Morgan fingerprint density at radius 3 is 2.59 bits per heavy atom. The maximum Gasteiger partial charge on any atom is 0.328 e. The first-order valence-electron chi connectivity index (χ1n) is 13.4. The summed E-state index contributed by atoms with van der Waals surface area (Å²) in [4.78, 5) is 43.6. The topological polar surface area (TPSA) is 148 Å². The number of halogens is 1. The first-order valence-corrected chi connectivity index (χ1v) is 14.9. The molecule has 0 saturated carbocycles. The number of nitrogens with zero attached hydrogens (tertiary/aromatic N) is 2. The highest BCUT2D eigenvalue weighted by Crippen LogP contribution is 2.35. The summed E-state index contributed by atoms with van der Waals surface area (Å²) in [6, 6.07) is 6.37. The summed E-state index contributed by atoms with van der Waals surface area (Å²) < 4.78 is 52.9. The first kappa shape index (κ1) is 30.1. The Kier molecular flexibility index (Phi) is 9.38. The maximum atomic E-state index is 13.6. The van der Waals surface area contributed by atoms with Crippen molar-refractivity contribution in [3.8, 4) is 11.3 Å². The van der Waals surface area contributed by atoms with E-state index in [2.05, 4.69) is 15.0 Å². The zero-order valence-electron chi connectivity index (χ0n) is 23.2. The van der Waals surface area contributed by atoms with Gasteiger partial charge in [0.25, 0.3) is 15.9 Å². The highest BCUT2D eigenvalue weighted by molar-refractivity contribution is 7.89. The SMILES string of the molecule is CCNS(=O)(=O)c1nc2oc(-c3ccc(F)cc3)c(C(=O)NC)c2cc1CCCCC(=O)N1CCC[C@H]1C(=O)OC. The number of aromatic nitrogens is 1. The number of furan rings is 1. The normalized spacial score (nSPS) is 15.3. The number of rotatable bonds is 11. The standard InChI is InChI=1S/C28H33FN4O7S/c1-4-31-41(37,38)27-18(8-5-6-10-22(34)33-15-7-9-21(33)28(36)39-3)16-20-23(25(35)30-2)24(40-26(20)32-27)17-11-13-19(29)14-12-17/h11-14,16,21,31H,4-10,15H2,1-3H3,(H,30,35)/t21-/m0/s1. The number of benzene rings is 1. The number of aryl methyl sites for hydroxylation is 1. The number of amides is 2. The second-order valence-corrected chi connectivity index (χ2v) is 11.4. The molecule has 0 spiro atoms. The lowest BCUT2D eigenvalue weighted by Crippen LogP contribution is -2.40. The third kappa shape index (κ3) is 6.41. The Bertz CT molecular complexity index is 1550. The molecule has 4 rings (SSSR count). The summed E-state index contributed by atoms with van der Waals surface area (Å²) in [6.45, 7) is 2.27.